The van der Waals surface area contributed by atoms with Gasteiger partial charge in [-0.15, -0.1) is 10.2 Å². The smallest absolute Gasteiger partial charge is 0.191 e. The van der Waals surface area contributed by atoms with Crippen molar-refractivity contribution < 1.29 is 0 Å². The van der Waals surface area contributed by atoms with E-state index in [-0.39, 0.29) is 0 Å². The van der Waals surface area contributed by atoms with Gasteiger partial charge in [-0.3, -0.25) is 0 Å². The minimum absolute atomic E-state index is 0.720. The van der Waals surface area contributed by atoms with Gasteiger partial charge in [0.15, 0.2) is 5.16 Å². The molecule has 1 atom stereocenters. The molecule has 0 aromatic carbocycles. The minimum atomic E-state index is 0.720. The second-order valence-electron chi connectivity index (χ2n) is 6.24. The summed E-state index contributed by atoms with van der Waals surface area (Å²) in [6, 6.07) is 0.720. The first-order chi connectivity index (χ1) is 9.42. The lowest BCUT2D eigenvalue weighted by Crippen LogP contribution is -2.31. The number of nitrogens with one attached hydrogen (secondary N) is 1. The molecule has 1 saturated heterocycles. The molecule has 1 aromatic heterocycles. The first kappa shape index (κ1) is 12.2. The summed E-state index contributed by atoms with van der Waals surface area (Å²) in [7, 11) is 0. The standard InChI is InChI=1S/C14H22N4S/c1-2-10(8-15-7-1)9-19-14-17-16-13(11-3-4-11)18(14)12-5-6-12/h10-12,15H,1-9H2. The highest BCUT2D eigenvalue weighted by Gasteiger charge is 2.36. The monoisotopic (exact) mass is 278 g/mol. The largest absolute Gasteiger partial charge is 0.316 e. The zero-order valence-corrected chi connectivity index (χ0v) is 12.2. The molecule has 3 fully saturated rings. The zero-order chi connectivity index (χ0) is 12.7. The van der Waals surface area contributed by atoms with Crippen molar-refractivity contribution in [3.8, 4) is 0 Å². The maximum atomic E-state index is 4.48. The average Bonchev–Trinajstić information content (AvgIpc) is 3.36. The molecule has 0 amide bonds. The summed E-state index contributed by atoms with van der Waals surface area (Å²) in [5, 5.41) is 13.6. The summed E-state index contributed by atoms with van der Waals surface area (Å²) in [6.07, 6.45) is 8.00. The molecule has 19 heavy (non-hydrogen) atoms. The van der Waals surface area contributed by atoms with E-state index in [4.69, 9.17) is 0 Å². The Labute approximate surface area is 118 Å². The van der Waals surface area contributed by atoms with E-state index in [1.165, 1.54) is 68.3 Å². The molecule has 104 valence electrons. The third-order valence-corrected chi connectivity index (χ3v) is 5.57. The van der Waals surface area contributed by atoms with E-state index in [1.54, 1.807) is 0 Å². The van der Waals surface area contributed by atoms with Gasteiger partial charge < -0.3 is 9.88 Å². The number of hydrogen-bond acceptors (Lipinski definition) is 4. The Morgan fingerprint density at radius 2 is 2.05 bits per heavy atom. The maximum absolute atomic E-state index is 4.48. The molecule has 0 spiro atoms. The van der Waals surface area contributed by atoms with Crippen LogP contribution >= 0.6 is 11.8 Å². The van der Waals surface area contributed by atoms with Crippen molar-refractivity contribution >= 4 is 11.8 Å². The third kappa shape index (κ3) is 2.68. The molecule has 1 N–H and O–H groups in total. The lowest BCUT2D eigenvalue weighted by atomic mass is 10.0. The summed E-state index contributed by atoms with van der Waals surface area (Å²) in [5.41, 5.74) is 0. The highest BCUT2D eigenvalue weighted by atomic mass is 32.2. The lowest BCUT2D eigenvalue weighted by Gasteiger charge is -2.22. The Kier molecular flexibility index (Phi) is 3.27. The van der Waals surface area contributed by atoms with E-state index < -0.39 is 0 Å². The number of rotatable bonds is 5. The van der Waals surface area contributed by atoms with Crippen molar-refractivity contribution in [3.05, 3.63) is 5.82 Å². The van der Waals surface area contributed by atoms with Gasteiger partial charge in [0.1, 0.15) is 5.82 Å². The van der Waals surface area contributed by atoms with Crippen LogP contribution in [0.1, 0.15) is 56.3 Å². The van der Waals surface area contributed by atoms with Gasteiger partial charge in [0.25, 0.3) is 0 Å². The number of hydrogen-bond donors (Lipinski definition) is 1. The van der Waals surface area contributed by atoms with E-state index in [0.29, 0.717) is 0 Å². The molecule has 0 radical (unpaired) electrons. The van der Waals surface area contributed by atoms with Crippen molar-refractivity contribution in [1.29, 1.82) is 0 Å². The topological polar surface area (TPSA) is 42.7 Å². The van der Waals surface area contributed by atoms with Crippen LogP contribution in [0.25, 0.3) is 0 Å². The van der Waals surface area contributed by atoms with Crippen molar-refractivity contribution in [2.45, 2.75) is 55.6 Å². The average molecular weight is 278 g/mol. The molecular formula is C14H22N4S. The van der Waals surface area contributed by atoms with Crippen LogP contribution in [0.15, 0.2) is 5.16 Å². The third-order valence-electron chi connectivity index (χ3n) is 4.39. The zero-order valence-electron chi connectivity index (χ0n) is 11.3. The summed E-state index contributed by atoms with van der Waals surface area (Å²) >= 11 is 1.94. The predicted octanol–water partition coefficient (Wildman–Crippen LogP) is 2.58. The first-order valence-corrected chi connectivity index (χ1v) is 8.68. The second-order valence-corrected chi connectivity index (χ2v) is 7.23. The normalized spacial score (nSPS) is 27.7. The van der Waals surface area contributed by atoms with Gasteiger partial charge in [0.05, 0.1) is 0 Å². The fraction of sp³-hybridized carbons (Fsp3) is 0.857. The summed E-state index contributed by atoms with van der Waals surface area (Å²) < 4.78 is 2.47. The van der Waals surface area contributed by atoms with Gasteiger partial charge in [0.2, 0.25) is 0 Å². The maximum Gasteiger partial charge on any atom is 0.191 e. The van der Waals surface area contributed by atoms with Crippen molar-refractivity contribution in [2.24, 2.45) is 5.92 Å². The van der Waals surface area contributed by atoms with Gasteiger partial charge >= 0.3 is 0 Å². The van der Waals surface area contributed by atoms with Crippen molar-refractivity contribution in [1.82, 2.24) is 20.1 Å². The predicted molar refractivity (Wildman–Crippen MR) is 76.6 cm³/mol. The molecule has 2 heterocycles. The van der Waals surface area contributed by atoms with Crippen LogP contribution in [-0.4, -0.2) is 33.6 Å². The van der Waals surface area contributed by atoms with E-state index in [0.717, 1.165) is 17.9 Å². The molecule has 2 aliphatic carbocycles. The summed E-state index contributed by atoms with van der Waals surface area (Å²) in [6.45, 7) is 2.38. The number of aromatic nitrogens is 3. The van der Waals surface area contributed by atoms with Crippen molar-refractivity contribution in [2.75, 3.05) is 18.8 Å². The van der Waals surface area contributed by atoms with Gasteiger partial charge in [-0.25, -0.2) is 0 Å². The summed E-state index contributed by atoms with van der Waals surface area (Å²) in [4.78, 5) is 0. The van der Waals surface area contributed by atoms with E-state index >= 15 is 0 Å². The van der Waals surface area contributed by atoms with Crippen LogP contribution in [0.2, 0.25) is 0 Å². The molecule has 4 rings (SSSR count). The summed E-state index contributed by atoms with van der Waals surface area (Å²) in [5.74, 6) is 4.01. The van der Waals surface area contributed by atoms with E-state index in [9.17, 15) is 0 Å². The first-order valence-electron chi connectivity index (χ1n) is 7.70. The van der Waals surface area contributed by atoms with Crippen LogP contribution in [0.5, 0.6) is 0 Å². The Balaban J connectivity index is 1.44. The second kappa shape index (κ2) is 5.09. The molecule has 1 unspecified atom stereocenters. The number of piperidine rings is 1. The molecule has 1 aromatic rings. The van der Waals surface area contributed by atoms with Gasteiger partial charge in [-0.05, 0) is 57.5 Å². The van der Waals surface area contributed by atoms with Gasteiger partial charge in [-0.2, -0.15) is 0 Å². The van der Waals surface area contributed by atoms with Gasteiger partial charge in [0, 0.05) is 17.7 Å². The SMILES string of the molecule is C1CNCC(CSc2nnc(C3CC3)n2C2CC2)C1. The molecule has 1 aliphatic heterocycles. The van der Waals surface area contributed by atoms with Crippen molar-refractivity contribution in [3.63, 3.8) is 0 Å². The lowest BCUT2D eigenvalue weighted by molar-refractivity contribution is 0.410. The Bertz CT molecular complexity index is 444. The van der Waals surface area contributed by atoms with Crippen LogP contribution in [0.4, 0.5) is 0 Å². The molecular weight excluding hydrogens is 256 g/mol. The Morgan fingerprint density at radius 1 is 1.16 bits per heavy atom. The quantitative estimate of drug-likeness (QED) is 0.841. The van der Waals surface area contributed by atoms with Crippen LogP contribution in [0.3, 0.4) is 0 Å². The molecule has 2 saturated carbocycles. The van der Waals surface area contributed by atoms with E-state index in [1.807, 2.05) is 11.8 Å². The highest BCUT2D eigenvalue weighted by molar-refractivity contribution is 7.99. The minimum Gasteiger partial charge on any atom is -0.316 e. The van der Waals surface area contributed by atoms with Crippen LogP contribution < -0.4 is 5.32 Å². The molecule has 0 bridgehead atoms. The fourth-order valence-electron chi connectivity index (χ4n) is 2.94. The highest BCUT2D eigenvalue weighted by Crippen LogP contribution is 2.46. The molecule has 5 heteroatoms. The van der Waals surface area contributed by atoms with Crippen LogP contribution in [-0.2, 0) is 0 Å². The fourth-order valence-corrected chi connectivity index (χ4v) is 4.09. The molecule has 4 nitrogen and oxygen atoms in total. The Hall–Kier alpha value is -0.550. The molecule has 3 aliphatic rings. The number of nitrogens with zero attached hydrogens (tertiary/aromatic N) is 3. The number of thioether (sulfide) groups is 1. The van der Waals surface area contributed by atoms with E-state index in [2.05, 4.69) is 20.1 Å². The van der Waals surface area contributed by atoms with Crippen LogP contribution in [0, 0.1) is 5.92 Å². The Morgan fingerprint density at radius 3 is 2.74 bits per heavy atom. The van der Waals surface area contributed by atoms with Gasteiger partial charge in [-0.1, -0.05) is 11.8 Å².